The summed E-state index contributed by atoms with van der Waals surface area (Å²) in [5.74, 6) is 2.77. The molecule has 1 aromatic heterocycles. The molecule has 0 fully saturated rings. The molecule has 6 nitrogen and oxygen atoms in total. The Morgan fingerprint density at radius 3 is 2.31 bits per heavy atom. The monoisotopic (exact) mass is 411 g/mol. The van der Waals surface area contributed by atoms with Crippen LogP contribution in [0, 0.1) is 0 Å². The van der Waals surface area contributed by atoms with E-state index in [-0.39, 0.29) is 12.4 Å². The van der Waals surface area contributed by atoms with Crippen molar-refractivity contribution in [3.05, 3.63) is 46.8 Å². The van der Waals surface area contributed by atoms with E-state index in [9.17, 15) is 4.79 Å². The van der Waals surface area contributed by atoms with E-state index in [0.717, 1.165) is 27.1 Å². The van der Waals surface area contributed by atoms with Crippen LogP contribution in [0.2, 0.25) is 0 Å². The lowest BCUT2D eigenvalue weighted by Crippen LogP contribution is -2.22. The van der Waals surface area contributed by atoms with Gasteiger partial charge >= 0.3 is 0 Å². The maximum Gasteiger partial charge on any atom is 0.259 e. The third kappa shape index (κ3) is 2.59. The van der Waals surface area contributed by atoms with Crippen LogP contribution in [0.3, 0.4) is 0 Å². The number of rotatable bonds is 4. The van der Waals surface area contributed by atoms with Gasteiger partial charge in [-0.3, -0.25) is 4.79 Å². The Balaban J connectivity index is 2.00. The zero-order valence-electron chi connectivity index (χ0n) is 16.0. The maximum atomic E-state index is 13.4. The maximum absolute atomic E-state index is 13.4. The average molecular weight is 412 g/mol. The molecule has 0 N–H and O–H groups in total. The van der Waals surface area contributed by atoms with Crippen LogP contribution < -0.4 is 24.5 Å². The number of aromatic nitrogens is 1. The first-order valence-corrected chi connectivity index (χ1v) is 9.70. The van der Waals surface area contributed by atoms with Crippen molar-refractivity contribution in [2.45, 2.75) is 6.54 Å². The molecule has 0 bridgehead atoms. The lowest BCUT2D eigenvalue weighted by molar-refractivity contribution is 0.174. The predicted molar refractivity (Wildman–Crippen MR) is 113 cm³/mol. The van der Waals surface area contributed by atoms with Gasteiger partial charge in [-0.2, -0.15) is 0 Å². The van der Waals surface area contributed by atoms with E-state index in [4.69, 9.17) is 30.5 Å². The third-order valence-electron chi connectivity index (χ3n) is 5.35. The van der Waals surface area contributed by atoms with Crippen LogP contribution in [0.25, 0.3) is 32.4 Å². The minimum absolute atomic E-state index is 0.126. The number of fused-ring (bicyclic) bond motifs is 6. The highest BCUT2D eigenvalue weighted by Crippen LogP contribution is 2.40. The first-order valence-electron chi connectivity index (χ1n) is 9.17. The fraction of sp³-hybridized carbons (Fsp3) is 0.227. The first-order chi connectivity index (χ1) is 14.2. The van der Waals surface area contributed by atoms with Gasteiger partial charge in [-0.15, -0.1) is 11.6 Å². The molecule has 148 valence electrons. The van der Waals surface area contributed by atoms with E-state index in [2.05, 4.69) is 0 Å². The molecule has 1 aliphatic heterocycles. The fourth-order valence-corrected chi connectivity index (χ4v) is 4.20. The molecule has 3 aromatic carbocycles. The predicted octanol–water partition coefficient (Wildman–Crippen LogP) is 4.29. The molecule has 0 unspecified atom stereocenters. The minimum atomic E-state index is -0.126. The van der Waals surface area contributed by atoms with Crippen molar-refractivity contribution in [3.8, 4) is 23.0 Å². The Labute approximate surface area is 171 Å². The number of methoxy groups -OCH3 is 2. The van der Waals surface area contributed by atoms with Crippen molar-refractivity contribution >= 4 is 44.0 Å². The summed E-state index contributed by atoms with van der Waals surface area (Å²) >= 11 is 6.06. The number of pyridine rings is 1. The smallest absolute Gasteiger partial charge is 0.259 e. The van der Waals surface area contributed by atoms with Gasteiger partial charge in [0, 0.05) is 28.6 Å². The second kappa shape index (κ2) is 6.74. The second-order valence-electron chi connectivity index (χ2n) is 6.79. The van der Waals surface area contributed by atoms with Gasteiger partial charge in [0.2, 0.25) is 6.79 Å². The summed E-state index contributed by atoms with van der Waals surface area (Å²) in [4.78, 5) is 13.4. The Morgan fingerprint density at radius 2 is 1.62 bits per heavy atom. The first kappa shape index (κ1) is 17.9. The highest BCUT2D eigenvalue weighted by molar-refractivity contribution is 6.18. The molecule has 0 spiro atoms. The van der Waals surface area contributed by atoms with Gasteiger partial charge in [0.1, 0.15) is 0 Å². The van der Waals surface area contributed by atoms with Crippen LogP contribution in [0.5, 0.6) is 23.0 Å². The number of hydrogen-bond donors (Lipinski definition) is 0. The van der Waals surface area contributed by atoms with Crippen LogP contribution in [0.4, 0.5) is 0 Å². The minimum Gasteiger partial charge on any atom is -0.493 e. The van der Waals surface area contributed by atoms with Gasteiger partial charge in [0.05, 0.1) is 25.1 Å². The van der Waals surface area contributed by atoms with Crippen LogP contribution in [-0.2, 0) is 6.54 Å². The molecule has 0 radical (unpaired) electrons. The Morgan fingerprint density at radius 1 is 0.931 bits per heavy atom. The summed E-state index contributed by atoms with van der Waals surface area (Å²) < 4.78 is 23.7. The van der Waals surface area contributed by atoms with Crippen molar-refractivity contribution in [2.75, 3.05) is 26.9 Å². The molecule has 0 aliphatic carbocycles. The van der Waals surface area contributed by atoms with Crippen molar-refractivity contribution in [1.82, 2.24) is 4.57 Å². The van der Waals surface area contributed by atoms with Gasteiger partial charge < -0.3 is 23.5 Å². The van der Waals surface area contributed by atoms with Gasteiger partial charge in [-0.05, 0) is 29.7 Å². The average Bonchev–Trinajstić information content (AvgIpc) is 3.21. The van der Waals surface area contributed by atoms with Crippen molar-refractivity contribution in [2.24, 2.45) is 0 Å². The zero-order valence-corrected chi connectivity index (χ0v) is 16.7. The molecule has 5 rings (SSSR count). The van der Waals surface area contributed by atoms with E-state index in [1.54, 1.807) is 24.9 Å². The van der Waals surface area contributed by atoms with Crippen LogP contribution >= 0.6 is 11.6 Å². The van der Waals surface area contributed by atoms with E-state index in [1.807, 2.05) is 30.3 Å². The molecular formula is C22H18ClNO5. The Bertz CT molecular complexity index is 1340. The zero-order chi connectivity index (χ0) is 20.1. The summed E-state index contributed by atoms with van der Waals surface area (Å²) in [7, 11) is 3.13. The normalized spacial score (nSPS) is 12.8. The van der Waals surface area contributed by atoms with E-state index < -0.39 is 0 Å². The molecule has 0 amide bonds. The third-order valence-corrected chi connectivity index (χ3v) is 5.52. The quantitative estimate of drug-likeness (QED) is 0.370. The van der Waals surface area contributed by atoms with Gasteiger partial charge in [-0.1, -0.05) is 12.1 Å². The molecule has 1 aliphatic rings. The number of hydrogen-bond acceptors (Lipinski definition) is 5. The number of alkyl halides is 1. The van der Waals surface area contributed by atoms with E-state index in [1.165, 1.54) is 0 Å². The summed E-state index contributed by atoms with van der Waals surface area (Å²) in [6, 6.07) is 11.5. The van der Waals surface area contributed by atoms with Gasteiger partial charge in [0.15, 0.2) is 23.0 Å². The molecule has 7 heteroatoms. The topological polar surface area (TPSA) is 58.9 Å². The number of halogens is 1. The number of aryl methyl sites for hydroxylation is 1. The standard InChI is InChI=1S/C22H18ClNO5/c1-26-17-9-15-13-4-3-12-7-19-20(29-11-28-19)8-14(12)21(13)24(6-5-23)22(25)16(15)10-18(17)27-2/h3-4,7-10H,5-6,11H2,1-2H3. The van der Waals surface area contributed by atoms with Crippen molar-refractivity contribution in [1.29, 1.82) is 0 Å². The Hall–Kier alpha value is -3.12. The molecule has 0 atom stereocenters. The highest BCUT2D eigenvalue weighted by atomic mass is 35.5. The number of benzene rings is 3. The Kier molecular flexibility index (Phi) is 4.17. The number of nitrogens with zero attached hydrogens (tertiary/aromatic N) is 1. The van der Waals surface area contributed by atoms with Crippen LogP contribution in [0.15, 0.2) is 41.2 Å². The van der Waals surface area contributed by atoms with Gasteiger partial charge in [0.25, 0.3) is 5.56 Å². The summed E-state index contributed by atoms with van der Waals surface area (Å²) in [6.45, 7) is 0.576. The van der Waals surface area contributed by atoms with Crippen LogP contribution in [0.1, 0.15) is 0 Å². The lowest BCUT2D eigenvalue weighted by Gasteiger charge is -2.16. The lowest BCUT2D eigenvalue weighted by atomic mass is 10.00. The molecular weight excluding hydrogens is 394 g/mol. The fourth-order valence-electron chi connectivity index (χ4n) is 4.03. The highest BCUT2D eigenvalue weighted by Gasteiger charge is 2.20. The molecule has 2 heterocycles. The summed E-state index contributed by atoms with van der Waals surface area (Å²) in [5.41, 5.74) is 0.686. The van der Waals surface area contributed by atoms with Gasteiger partial charge in [-0.25, -0.2) is 0 Å². The van der Waals surface area contributed by atoms with Crippen molar-refractivity contribution in [3.63, 3.8) is 0 Å². The summed E-state index contributed by atoms with van der Waals surface area (Å²) in [5, 5.41) is 4.15. The second-order valence-corrected chi connectivity index (χ2v) is 7.16. The molecule has 29 heavy (non-hydrogen) atoms. The largest absolute Gasteiger partial charge is 0.493 e. The molecule has 0 saturated heterocycles. The summed E-state index contributed by atoms with van der Waals surface area (Å²) in [6.07, 6.45) is 0. The van der Waals surface area contributed by atoms with E-state index >= 15 is 0 Å². The molecule has 4 aromatic rings. The van der Waals surface area contributed by atoms with Crippen LogP contribution in [-0.4, -0.2) is 31.5 Å². The van der Waals surface area contributed by atoms with E-state index in [0.29, 0.717) is 40.8 Å². The van der Waals surface area contributed by atoms with Crippen molar-refractivity contribution < 1.29 is 18.9 Å². The SMILES string of the molecule is COc1cc2c(=O)n(CCCl)c3c4cc5c(cc4ccc3c2cc1OC)OCO5. The molecule has 0 saturated carbocycles. The number of ether oxygens (including phenoxy) is 4.